The molecule has 1 unspecified atom stereocenters. The number of rotatable bonds is 4. The molecular formula is C12H17ClN2O3S. The van der Waals surface area contributed by atoms with Crippen molar-refractivity contribution in [3.63, 3.8) is 0 Å². The lowest BCUT2D eigenvalue weighted by Gasteiger charge is -2.19. The summed E-state index contributed by atoms with van der Waals surface area (Å²) in [4.78, 5) is 0.0986. The molecule has 2 N–H and O–H groups in total. The molecule has 2 atom stereocenters. The number of nitrogens with one attached hydrogen (secondary N) is 2. The van der Waals surface area contributed by atoms with Crippen LogP contribution in [0, 0.1) is 6.92 Å². The molecule has 7 heteroatoms. The molecular weight excluding hydrogens is 288 g/mol. The molecule has 0 amide bonds. The first-order valence-electron chi connectivity index (χ1n) is 5.96. The lowest BCUT2D eigenvalue weighted by Crippen LogP contribution is -2.43. The third-order valence-electron chi connectivity index (χ3n) is 3.14. The number of ether oxygens (including phenoxy) is 1. The van der Waals surface area contributed by atoms with Gasteiger partial charge in [-0.15, -0.1) is 0 Å². The zero-order chi connectivity index (χ0) is 14.0. The van der Waals surface area contributed by atoms with Crippen LogP contribution in [0.25, 0.3) is 0 Å². The molecule has 1 aliphatic heterocycles. The maximum atomic E-state index is 12.3. The van der Waals surface area contributed by atoms with E-state index in [-0.39, 0.29) is 22.1 Å². The number of hydrogen-bond donors (Lipinski definition) is 2. The maximum absolute atomic E-state index is 12.3. The highest BCUT2D eigenvalue weighted by Gasteiger charge is 2.31. The first kappa shape index (κ1) is 14.7. The molecule has 0 bridgehead atoms. The molecule has 0 aliphatic carbocycles. The van der Waals surface area contributed by atoms with Gasteiger partial charge in [0.2, 0.25) is 10.0 Å². The summed E-state index contributed by atoms with van der Waals surface area (Å²) in [5.41, 5.74) is 0.918. The number of halogens is 1. The van der Waals surface area contributed by atoms with E-state index < -0.39 is 10.0 Å². The van der Waals surface area contributed by atoms with Crippen molar-refractivity contribution in [2.45, 2.75) is 24.0 Å². The van der Waals surface area contributed by atoms with Gasteiger partial charge < -0.3 is 10.1 Å². The Kier molecular flexibility index (Phi) is 4.47. The summed E-state index contributed by atoms with van der Waals surface area (Å²) in [5.74, 6) is 0. The first-order chi connectivity index (χ1) is 8.94. The van der Waals surface area contributed by atoms with E-state index in [1.54, 1.807) is 19.2 Å². The quantitative estimate of drug-likeness (QED) is 0.868. The van der Waals surface area contributed by atoms with Crippen molar-refractivity contribution in [1.82, 2.24) is 10.0 Å². The van der Waals surface area contributed by atoms with Crippen LogP contribution in [0.5, 0.6) is 0 Å². The summed E-state index contributed by atoms with van der Waals surface area (Å²) in [7, 11) is -2.07. The Bertz CT molecular complexity index is 562. The molecule has 1 saturated heterocycles. The van der Waals surface area contributed by atoms with Gasteiger partial charge in [0, 0.05) is 20.2 Å². The van der Waals surface area contributed by atoms with E-state index in [4.69, 9.17) is 16.3 Å². The summed E-state index contributed by atoms with van der Waals surface area (Å²) in [6.07, 6.45) is -0.168. The van der Waals surface area contributed by atoms with Gasteiger partial charge >= 0.3 is 0 Å². The maximum Gasteiger partial charge on any atom is 0.242 e. The van der Waals surface area contributed by atoms with Crippen molar-refractivity contribution in [3.05, 3.63) is 28.8 Å². The SMILES string of the molecule is CO[C@H]1CNCC1NS(=O)(=O)c1ccc(C)cc1Cl. The highest BCUT2D eigenvalue weighted by molar-refractivity contribution is 7.89. The van der Waals surface area contributed by atoms with Gasteiger partial charge in [-0.3, -0.25) is 0 Å². The second kappa shape index (κ2) is 5.76. The molecule has 2 rings (SSSR count). The zero-order valence-corrected chi connectivity index (χ0v) is 12.4. The fourth-order valence-electron chi connectivity index (χ4n) is 2.11. The summed E-state index contributed by atoms with van der Waals surface area (Å²) in [5, 5.41) is 3.32. The average Bonchev–Trinajstić information content (AvgIpc) is 2.74. The lowest BCUT2D eigenvalue weighted by molar-refractivity contribution is 0.103. The molecule has 1 aromatic carbocycles. The predicted molar refractivity (Wildman–Crippen MR) is 74.0 cm³/mol. The summed E-state index contributed by atoms with van der Waals surface area (Å²) < 4.78 is 32.5. The lowest BCUT2D eigenvalue weighted by atomic mass is 10.2. The third-order valence-corrected chi connectivity index (χ3v) is 5.12. The van der Waals surface area contributed by atoms with Crippen LogP contribution >= 0.6 is 11.6 Å². The van der Waals surface area contributed by atoms with E-state index in [0.717, 1.165) is 5.56 Å². The second-order valence-corrected chi connectivity index (χ2v) is 6.68. The highest BCUT2D eigenvalue weighted by Crippen LogP contribution is 2.23. The van der Waals surface area contributed by atoms with Crippen molar-refractivity contribution in [2.75, 3.05) is 20.2 Å². The molecule has 106 valence electrons. The normalized spacial score (nSPS) is 23.7. The predicted octanol–water partition coefficient (Wildman–Crippen LogP) is 0.914. The van der Waals surface area contributed by atoms with E-state index in [1.165, 1.54) is 6.07 Å². The van der Waals surface area contributed by atoms with Gasteiger partial charge in [0.15, 0.2) is 0 Å². The number of hydrogen-bond acceptors (Lipinski definition) is 4. The average molecular weight is 305 g/mol. The van der Waals surface area contributed by atoms with Gasteiger partial charge in [0.1, 0.15) is 4.90 Å². The van der Waals surface area contributed by atoms with E-state index >= 15 is 0 Å². The molecule has 0 aromatic heterocycles. The second-order valence-electron chi connectivity index (χ2n) is 4.59. The number of sulfonamides is 1. The zero-order valence-electron chi connectivity index (χ0n) is 10.8. The molecule has 19 heavy (non-hydrogen) atoms. The molecule has 0 saturated carbocycles. The van der Waals surface area contributed by atoms with E-state index in [9.17, 15) is 8.42 Å². The molecule has 1 aliphatic rings. The largest absolute Gasteiger partial charge is 0.378 e. The van der Waals surface area contributed by atoms with Gasteiger partial charge in [-0.05, 0) is 24.6 Å². The minimum absolute atomic E-state index is 0.0986. The Labute approximate surface area is 118 Å². The van der Waals surface area contributed by atoms with Crippen molar-refractivity contribution in [2.24, 2.45) is 0 Å². The molecule has 1 aromatic rings. The molecule has 5 nitrogen and oxygen atoms in total. The van der Waals surface area contributed by atoms with Gasteiger partial charge in [0.25, 0.3) is 0 Å². The number of benzene rings is 1. The number of aryl methyl sites for hydroxylation is 1. The van der Waals surface area contributed by atoms with Crippen molar-refractivity contribution in [3.8, 4) is 0 Å². The Hall–Kier alpha value is -0.660. The third kappa shape index (κ3) is 3.27. The molecule has 0 spiro atoms. The van der Waals surface area contributed by atoms with Crippen molar-refractivity contribution < 1.29 is 13.2 Å². The minimum atomic E-state index is -3.64. The van der Waals surface area contributed by atoms with Gasteiger partial charge in [-0.1, -0.05) is 17.7 Å². The monoisotopic (exact) mass is 304 g/mol. The van der Waals surface area contributed by atoms with E-state index in [0.29, 0.717) is 13.1 Å². The van der Waals surface area contributed by atoms with E-state index in [1.807, 2.05) is 6.92 Å². The Morgan fingerprint density at radius 2 is 2.16 bits per heavy atom. The minimum Gasteiger partial charge on any atom is -0.378 e. The standard InChI is InChI=1S/C12H17ClN2O3S/c1-8-3-4-12(9(13)5-8)19(16,17)15-10-6-14-7-11(10)18-2/h3-5,10-11,14-15H,6-7H2,1-2H3/t10?,11-/m0/s1. The van der Waals surface area contributed by atoms with Crippen LogP contribution in [0.15, 0.2) is 23.1 Å². The highest BCUT2D eigenvalue weighted by atomic mass is 35.5. The molecule has 0 radical (unpaired) electrons. The van der Waals surface area contributed by atoms with E-state index in [2.05, 4.69) is 10.0 Å². The van der Waals surface area contributed by atoms with Gasteiger partial charge in [-0.2, -0.15) is 0 Å². The van der Waals surface area contributed by atoms with Crippen molar-refractivity contribution in [1.29, 1.82) is 0 Å². The van der Waals surface area contributed by atoms with Crippen LogP contribution < -0.4 is 10.0 Å². The smallest absolute Gasteiger partial charge is 0.242 e. The topological polar surface area (TPSA) is 67.4 Å². The number of methoxy groups -OCH3 is 1. The van der Waals surface area contributed by atoms with Crippen LogP contribution in [0.3, 0.4) is 0 Å². The summed E-state index contributed by atoms with van der Waals surface area (Å²) in [6, 6.07) is 4.59. The molecule has 1 fully saturated rings. The first-order valence-corrected chi connectivity index (χ1v) is 7.82. The van der Waals surface area contributed by atoms with Crippen LogP contribution in [-0.2, 0) is 14.8 Å². The Morgan fingerprint density at radius 1 is 1.42 bits per heavy atom. The summed E-state index contributed by atoms with van der Waals surface area (Å²) in [6.45, 7) is 3.03. The summed E-state index contributed by atoms with van der Waals surface area (Å²) >= 11 is 6.00. The van der Waals surface area contributed by atoms with Crippen LogP contribution in [0.1, 0.15) is 5.56 Å². The Balaban J connectivity index is 2.23. The Morgan fingerprint density at radius 3 is 2.79 bits per heavy atom. The van der Waals surface area contributed by atoms with Crippen LogP contribution in [-0.4, -0.2) is 40.8 Å². The fourth-order valence-corrected chi connectivity index (χ4v) is 3.97. The van der Waals surface area contributed by atoms with Gasteiger partial charge in [0.05, 0.1) is 17.2 Å². The molecule has 1 heterocycles. The van der Waals surface area contributed by atoms with Crippen LogP contribution in [0.2, 0.25) is 5.02 Å². The fraction of sp³-hybridized carbons (Fsp3) is 0.500. The van der Waals surface area contributed by atoms with Crippen LogP contribution in [0.4, 0.5) is 0 Å². The van der Waals surface area contributed by atoms with Gasteiger partial charge in [-0.25, -0.2) is 13.1 Å². The van der Waals surface area contributed by atoms with Crippen molar-refractivity contribution >= 4 is 21.6 Å².